The molecule has 0 unspecified atom stereocenters. The number of aryl methyl sites for hydroxylation is 1. The number of carbonyl (C=O) groups is 1. The van der Waals surface area contributed by atoms with Crippen LogP contribution in [0.2, 0.25) is 0 Å². The maximum Gasteiger partial charge on any atom is 0.262 e. The van der Waals surface area contributed by atoms with Gasteiger partial charge in [-0.1, -0.05) is 24.3 Å². The Hall–Kier alpha value is -5.15. The normalized spacial score (nSPS) is 15.9. The number of thiocarbonyl (C=S) groups is 1. The number of nitrogens with one attached hydrogen (secondary N) is 2. The zero-order valence-electron chi connectivity index (χ0n) is 25.8. The maximum absolute atomic E-state index is 12.6. The molecule has 9 heteroatoms. The summed E-state index contributed by atoms with van der Waals surface area (Å²) in [5, 5.41) is 7.09. The largest absolute Gasteiger partial charge is 0.484 e. The molecule has 0 spiro atoms. The van der Waals surface area contributed by atoms with Crippen LogP contribution in [0.3, 0.4) is 0 Å². The van der Waals surface area contributed by atoms with Crippen LogP contribution in [0.5, 0.6) is 5.75 Å². The lowest BCUT2D eigenvalue weighted by Crippen LogP contribution is -2.29. The van der Waals surface area contributed by atoms with Gasteiger partial charge in [-0.2, -0.15) is 0 Å². The number of aromatic nitrogens is 2. The van der Waals surface area contributed by atoms with E-state index in [2.05, 4.69) is 69.2 Å². The van der Waals surface area contributed by atoms with Crippen molar-refractivity contribution >= 4 is 40.3 Å². The molecule has 2 aromatic heterocycles. The summed E-state index contributed by atoms with van der Waals surface area (Å²) in [4.78, 5) is 21.5. The average molecular weight is 617 g/mol. The second-order valence-electron chi connectivity index (χ2n) is 11.3. The third kappa shape index (κ3) is 6.25. The van der Waals surface area contributed by atoms with Gasteiger partial charge >= 0.3 is 0 Å². The molecule has 1 aliphatic rings. The number of pyridine rings is 1. The van der Waals surface area contributed by atoms with Crippen molar-refractivity contribution in [1.29, 1.82) is 0 Å². The number of hydrogen-bond acceptors (Lipinski definition) is 5. The molecule has 228 valence electrons. The fourth-order valence-corrected chi connectivity index (χ4v) is 6.25. The lowest BCUT2D eigenvalue weighted by molar-refractivity contribution is -0.118. The number of benzene rings is 3. The number of anilines is 3. The van der Waals surface area contributed by atoms with Crippen molar-refractivity contribution in [2.75, 3.05) is 35.8 Å². The Morgan fingerprint density at radius 2 is 1.62 bits per heavy atom. The van der Waals surface area contributed by atoms with E-state index in [9.17, 15) is 4.79 Å². The number of rotatable bonds is 9. The molecule has 45 heavy (non-hydrogen) atoms. The van der Waals surface area contributed by atoms with Crippen molar-refractivity contribution in [3.8, 4) is 11.4 Å². The molecular weight excluding hydrogens is 581 g/mol. The second-order valence-corrected chi connectivity index (χ2v) is 11.7. The number of nitrogens with zero attached hydrogens (tertiary/aromatic N) is 4. The van der Waals surface area contributed by atoms with Crippen LogP contribution in [0, 0.1) is 13.8 Å². The zero-order chi connectivity index (χ0) is 31.5. The van der Waals surface area contributed by atoms with Crippen LogP contribution in [0.25, 0.3) is 5.69 Å². The van der Waals surface area contributed by atoms with Crippen LogP contribution in [0.1, 0.15) is 34.7 Å². The van der Waals surface area contributed by atoms with E-state index >= 15 is 0 Å². The number of hydrogen-bond donors (Lipinski definition) is 2. The van der Waals surface area contributed by atoms with Crippen molar-refractivity contribution in [2.45, 2.75) is 25.9 Å². The number of para-hydroxylation sites is 1. The third-order valence-corrected chi connectivity index (χ3v) is 8.37. The Balaban J connectivity index is 1.30. The molecule has 1 amide bonds. The van der Waals surface area contributed by atoms with Crippen molar-refractivity contribution < 1.29 is 9.53 Å². The fourth-order valence-electron chi connectivity index (χ4n) is 5.90. The summed E-state index contributed by atoms with van der Waals surface area (Å²) in [6.07, 6.45) is 1.81. The van der Waals surface area contributed by atoms with Crippen molar-refractivity contribution in [3.63, 3.8) is 0 Å². The minimum atomic E-state index is -0.232. The highest BCUT2D eigenvalue weighted by molar-refractivity contribution is 7.80. The summed E-state index contributed by atoms with van der Waals surface area (Å²) in [5.74, 6) is 0.417. The van der Waals surface area contributed by atoms with Gasteiger partial charge in [0.2, 0.25) is 0 Å². The van der Waals surface area contributed by atoms with Gasteiger partial charge < -0.3 is 29.7 Å². The second kappa shape index (κ2) is 12.8. The SMILES string of the molecule is Cc1cc([C@@H]2[C@@H](c3ccccn3)NC(=S)N2c2ccc(NC(=O)COc3ccccc3)cc2)c(C)n1-c1ccc(N(C)C)cc1. The van der Waals surface area contributed by atoms with Crippen LogP contribution in [0.4, 0.5) is 17.1 Å². The van der Waals surface area contributed by atoms with E-state index in [1.807, 2.05) is 93.1 Å². The quantitative estimate of drug-likeness (QED) is 0.178. The van der Waals surface area contributed by atoms with Gasteiger partial charge in [0.15, 0.2) is 11.7 Å². The van der Waals surface area contributed by atoms with E-state index in [4.69, 9.17) is 21.9 Å². The standard InChI is InChI=1S/C36H36N6O2S/c1-24-22-31(25(2)41(24)28-19-17-27(18-20-28)40(3)4)35-34(32-12-8-9-21-37-32)39-36(45)42(35)29-15-13-26(14-16-29)38-33(43)23-44-30-10-6-5-7-11-30/h5-22,34-35H,23H2,1-4H3,(H,38,43)(H,39,45)/t34-,35-/m1/s1. The van der Waals surface area contributed by atoms with Crippen molar-refractivity contribution in [1.82, 2.24) is 14.9 Å². The van der Waals surface area contributed by atoms with E-state index in [1.54, 1.807) is 0 Å². The number of carbonyl (C=O) groups excluding carboxylic acids is 1. The minimum absolute atomic E-state index is 0.0762. The van der Waals surface area contributed by atoms with Crippen LogP contribution in [0.15, 0.2) is 109 Å². The van der Waals surface area contributed by atoms with Crippen LogP contribution in [-0.2, 0) is 4.79 Å². The summed E-state index contributed by atoms with van der Waals surface area (Å²) < 4.78 is 7.88. The number of amides is 1. The van der Waals surface area contributed by atoms with Crippen LogP contribution in [-0.4, -0.2) is 41.3 Å². The van der Waals surface area contributed by atoms with Gasteiger partial charge in [-0.3, -0.25) is 9.78 Å². The first kappa shape index (κ1) is 29.9. The van der Waals surface area contributed by atoms with Gasteiger partial charge in [-0.15, -0.1) is 0 Å². The lowest BCUT2D eigenvalue weighted by Gasteiger charge is -2.28. The van der Waals surface area contributed by atoms with E-state index < -0.39 is 0 Å². The lowest BCUT2D eigenvalue weighted by atomic mass is 9.96. The van der Waals surface area contributed by atoms with Gasteiger partial charge in [0.25, 0.3) is 5.91 Å². The smallest absolute Gasteiger partial charge is 0.262 e. The maximum atomic E-state index is 12.6. The van der Waals surface area contributed by atoms with Crippen molar-refractivity contribution in [2.24, 2.45) is 0 Å². The Morgan fingerprint density at radius 1 is 0.933 bits per heavy atom. The summed E-state index contributed by atoms with van der Waals surface area (Å²) in [7, 11) is 4.09. The molecule has 0 aliphatic carbocycles. The van der Waals surface area contributed by atoms with E-state index in [-0.39, 0.29) is 24.6 Å². The monoisotopic (exact) mass is 616 g/mol. The third-order valence-electron chi connectivity index (χ3n) is 8.05. The summed E-state index contributed by atoms with van der Waals surface area (Å²) in [6, 6.07) is 33.5. The predicted molar refractivity (Wildman–Crippen MR) is 185 cm³/mol. The molecule has 2 atom stereocenters. The highest BCUT2D eigenvalue weighted by Gasteiger charge is 2.42. The first-order valence-corrected chi connectivity index (χ1v) is 15.3. The molecule has 3 heterocycles. The van der Waals surface area contributed by atoms with Gasteiger partial charge in [0, 0.05) is 54.4 Å². The molecule has 1 saturated heterocycles. The zero-order valence-corrected chi connectivity index (χ0v) is 26.6. The van der Waals surface area contributed by atoms with E-state index in [0.29, 0.717) is 16.5 Å². The van der Waals surface area contributed by atoms with E-state index in [0.717, 1.165) is 39.7 Å². The first-order valence-electron chi connectivity index (χ1n) is 14.8. The van der Waals surface area contributed by atoms with E-state index in [1.165, 1.54) is 0 Å². The molecule has 8 nitrogen and oxygen atoms in total. The fraction of sp³-hybridized carbons (Fsp3) is 0.194. The molecule has 5 aromatic rings. The first-order chi connectivity index (χ1) is 21.8. The Bertz CT molecular complexity index is 1790. The molecule has 0 radical (unpaired) electrons. The van der Waals surface area contributed by atoms with Crippen LogP contribution >= 0.6 is 12.2 Å². The van der Waals surface area contributed by atoms with Crippen molar-refractivity contribution in [3.05, 3.63) is 132 Å². The number of ether oxygens (including phenoxy) is 1. The average Bonchev–Trinajstić information content (AvgIpc) is 3.55. The summed E-state index contributed by atoms with van der Waals surface area (Å²) in [6.45, 7) is 4.22. The predicted octanol–water partition coefficient (Wildman–Crippen LogP) is 6.75. The van der Waals surface area contributed by atoms with Gasteiger partial charge in [-0.25, -0.2) is 0 Å². The van der Waals surface area contributed by atoms with Crippen LogP contribution < -0.4 is 25.2 Å². The molecule has 1 fully saturated rings. The summed E-state index contributed by atoms with van der Waals surface area (Å²) >= 11 is 5.96. The Morgan fingerprint density at radius 3 is 2.29 bits per heavy atom. The molecule has 0 saturated carbocycles. The molecule has 1 aliphatic heterocycles. The molecule has 3 aromatic carbocycles. The highest BCUT2D eigenvalue weighted by Crippen LogP contribution is 2.44. The molecular formula is C36H36N6O2S. The molecule has 0 bridgehead atoms. The Labute approximate surface area is 269 Å². The topological polar surface area (TPSA) is 74.7 Å². The highest BCUT2D eigenvalue weighted by atomic mass is 32.1. The van der Waals surface area contributed by atoms with Gasteiger partial charge in [-0.05, 0) is 110 Å². The molecule has 6 rings (SSSR count). The minimum Gasteiger partial charge on any atom is -0.484 e. The van der Waals surface area contributed by atoms with Gasteiger partial charge in [0.1, 0.15) is 5.75 Å². The Kier molecular flexibility index (Phi) is 8.53. The van der Waals surface area contributed by atoms with Gasteiger partial charge in [0.05, 0.1) is 17.8 Å². The molecule has 2 N–H and O–H groups in total. The summed E-state index contributed by atoms with van der Waals surface area (Å²) in [5.41, 5.74) is 8.18.